The van der Waals surface area contributed by atoms with Gasteiger partial charge in [-0.05, 0) is 187 Å². The standard InChI is InChI=1S/C28H29N7O2S.C27H29N7O2S.C26H27N7O2S.C25H25N7O2S/c1-2-23-6-7-24(17-30-23)33-38(36)11-9-34(10-12-38)27-8-5-21(15-31-27)26-13-25(37-19-20-3-4-20)18-35-28(26)22(14-29)16-32-35;1-4-22-6-7-23(17-29-22)32-37(35)11-9-33(10-12-37)26-8-5-20(15-30-26)25-13-24(36-19(2)3)18-34-27(25)21(14-28)16-31-34;1-3-21-6-7-22(17-28-21)31-36(34)11-9-32(10-12-36)25-8-5-19(15-29-25)24-13-23(35-4-2)18-33-26(24)20(14-27)16-30-33;1-3-20-5-6-21(16-27-20)30-35(33)10-8-31(9-11-35)24-7-4-18(14-28-24)23-12-22(34-2)17-32-25(23)19(13-26)15-29-32/h5-8,13,15-18,20H,2-4,9-12,19H2,1H3;5-8,13,15-19H,4,9-12H2,1-3H3;5-8,13,15-18H,3-4,9-12H2,1-2H3;4-7,12,14-17H,3,8-11H2,1-2H3. The highest BCUT2D eigenvalue weighted by atomic mass is 32.2. The van der Waals surface area contributed by atoms with Gasteiger partial charge < -0.3 is 38.5 Å². The number of anilines is 4. The van der Waals surface area contributed by atoms with Crippen LogP contribution >= 0.6 is 0 Å². The first-order chi connectivity index (χ1) is 70.9. The third-order valence-electron chi connectivity index (χ3n) is 25.7. The molecule has 36 nitrogen and oxygen atoms in total. The molecule has 16 aromatic rings. The molecule has 40 heteroatoms. The van der Waals surface area contributed by atoms with Crippen molar-refractivity contribution in [3.63, 3.8) is 0 Å². The van der Waals surface area contributed by atoms with Crippen molar-refractivity contribution in [1.29, 1.82) is 21.0 Å². The minimum atomic E-state index is -2.33. The first-order valence-electron chi connectivity index (χ1n) is 48.6. The molecule has 1 saturated carbocycles. The first-order valence-corrected chi connectivity index (χ1v) is 56.0. The lowest BCUT2D eigenvalue weighted by atomic mass is 10.1. The van der Waals surface area contributed by atoms with Crippen LogP contribution in [0.3, 0.4) is 0 Å². The average molecular weight is 2030 g/mol. The van der Waals surface area contributed by atoms with Crippen molar-refractivity contribution in [3.8, 4) is 91.8 Å². The van der Waals surface area contributed by atoms with Gasteiger partial charge in [-0.15, -0.1) is 0 Å². The summed E-state index contributed by atoms with van der Waals surface area (Å²) >= 11 is 0. The SMILES string of the molecule is CCOc1cc(-c2ccc(N3CCS(=O)(=Nc4ccc(CC)nc4)CC3)nc2)c2c(C#N)cnn2c1.CCc1ccc(N=S2(=O)CCN(c3ccc(-c4cc(OC(C)C)cn5ncc(C#N)c45)cn3)CC2)cn1.CCc1ccc(N=S2(=O)CCN(c3ccc(-c4cc(OC)cn5ncc(C#N)c45)cn3)CC2)cn1.CCc1ccc(N=S2(=O)CCN(c3ccc(-c4cc(OCC5CC5)cn5ncc(C#N)c45)cn3)CC2)cn1. The molecule has 0 spiro atoms. The fourth-order valence-corrected chi connectivity index (χ4v) is 25.0. The van der Waals surface area contributed by atoms with Crippen molar-refractivity contribution in [2.45, 2.75) is 93.1 Å². The third kappa shape index (κ3) is 23.5. The number of nitriles is 4. The van der Waals surface area contributed by atoms with Crippen LogP contribution in [0.1, 0.15) is 106 Å². The Morgan fingerprint density at radius 3 is 0.842 bits per heavy atom. The number of pyridine rings is 12. The molecule has 5 aliphatic rings. The Morgan fingerprint density at radius 1 is 0.342 bits per heavy atom. The summed E-state index contributed by atoms with van der Waals surface area (Å²) in [4.78, 5) is 44.8. The molecular formula is C106H110N28O8S4. The van der Waals surface area contributed by atoms with Crippen LogP contribution in [0.25, 0.3) is 66.6 Å². The van der Waals surface area contributed by atoms with E-state index in [2.05, 4.69) is 134 Å². The number of ether oxygens (including phenoxy) is 4. The van der Waals surface area contributed by atoms with Gasteiger partial charge in [0.05, 0.1) is 207 Å². The molecule has 21 rings (SSSR count). The van der Waals surface area contributed by atoms with Gasteiger partial charge in [-0.25, -0.2) is 54.8 Å². The van der Waals surface area contributed by atoms with E-state index in [4.69, 9.17) is 33.9 Å². The second-order valence-electron chi connectivity index (χ2n) is 35.9. The van der Waals surface area contributed by atoms with Crippen LogP contribution < -0.4 is 38.5 Å². The highest BCUT2D eigenvalue weighted by Gasteiger charge is 2.30. The van der Waals surface area contributed by atoms with E-state index in [-0.39, 0.29) is 6.10 Å². The molecule has 0 N–H and O–H groups in total. The van der Waals surface area contributed by atoms with Crippen molar-refractivity contribution < 1.29 is 35.8 Å². The number of nitrogens with zero attached hydrogens (tertiary/aromatic N) is 28. The summed E-state index contributed by atoms with van der Waals surface area (Å²) in [6, 6.07) is 47.7. The number of methoxy groups -OCH3 is 1. The van der Waals surface area contributed by atoms with Gasteiger partial charge in [0.2, 0.25) is 0 Å². The van der Waals surface area contributed by atoms with Crippen LogP contribution in [0.4, 0.5) is 46.0 Å². The van der Waals surface area contributed by atoms with Gasteiger partial charge in [-0.3, -0.25) is 19.9 Å². The van der Waals surface area contributed by atoms with Gasteiger partial charge in [-0.1, -0.05) is 27.7 Å². The maximum atomic E-state index is 13.3. The molecule has 0 radical (unpaired) electrons. The number of hydrogen-bond donors (Lipinski definition) is 0. The van der Waals surface area contributed by atoms with Crippen molar-refractivity contribution in [1.82, 2.24) is 78.3 Å². The molecule has 4 aliphatic heterocycles. The van der Waals surface area contributed by atoms with Crippen LogP contribution in [0.5, 0.6) is 23.0 Å². The smallest absolute Gasteiger partial charge is 0.138 e. The predicted molar refractivity (Wildman–Crippen MR) is 567 cm³/mol. The largest absolute Gasteiger partial charge is 0.495 e. The third-order valence-corrected chi connectivity index (χ3v) is 34.4. The summed E-state index contributed by atoms with van der Waals surface area (Å²) in [5, 5.41) is 55.6. The number of aryl methyl sites for hydroxylation is 4. The van der Waals surface area contributed by atoms with Gasteiger partial charge >= 0.3 is 0 Å². The second kappa shape index (κ2) is 44.5. The Bertz CT molecular complexity index is 8140. The number of aromatic nitrogens is 16. The second-order valence-corrected chi connectivity index (χ2v) is 46.0. The average Bonchev–Trinajstić information content (AvgIpc) is 1.78. The first kappa shape index (κ1) is 100. The number of hydrogen-bond acceptors (Lipinski definition) is 32. The molecule has 4 saturated heterocycles. The summed E-state index contributed by atoms with van der Waals surface area (Å²) in [6.45, 7) is 20.2. The van der Waals surface area contributed by atoms with Crippen LogP contribution in [0, 0.1) is 51.2 Å². The molecule has 0 amide bonds. The van der Waals surface area contributed by atoms with Crippen molar-refractivity contribution >= 4 is 107 Å². The molecule has 0 atom stereocenters. The highest BCUT2D eigenvalue weighted by Crippen LogP contribution is 2.40. The number of rotatable bonds is 24. The minimum Gasteiger partial charge on any atom is -0.495 e. The van der Waals surface area contributed by atoms with Gasteiger partial charge in [0, 0.05) is 190 Å². The lowest BCUT2D eigenvalue weighted by Crippen LogP contribution is -2.40. The Balaban J connectivity index is 0.000000128. The molecule has 5 fully saturated rings. The molecule has 146 heavy (non-hydrogen) atoms. The van der Waals surface area contributed by atoms with E-state index in [0.29, 0.717) is 191 Å². The van der Waals surface area contributed by atoms with Gasteiger partial charge in [0.1, 0.15) is 70.5 Å². The van der Waals surface area contributed by atoms with E-state index < -0.39 is 38.9 Å². The van der Waals surface area contributed by atoms with E-state index >= 15 is 0 Å². The molecule has 0 unspecified atom stereocenters. The maximum Gasteiger partial charge on any atom is 0.138 e. The summed E-state index contributed by atoms with van der Waals surface area (Å²) in [5.74, 6) is 10.4. The molecule has 746 valence electrons. The Morgan fingerprint density at radius 2 is 0.610 bits per heavy atom. The lowest BCUT2D eigenvalue weighted by Gasteiger charge is -2.29. The number of fused-ring (bicyclic) bond motifs is 4. The molecule has 0 bridgehead atoms. The molecule has 16 aromatic heterocycles. The van der Waals surface area contributed by atoms with Crippen LogP contribution in [0.15, 0.2) is 238 Å². The maximum absolute atomic E-state index is 13.3. The van der Waals surface area contributed by atoms with E-state index in [1.165, 1.54) is 12.8 Å². The normalized spacial score (nSPS) is 15.5. The predicted octanol–water partition coefficient (Wildman–Crippen LogP) is 17.4. The highest BCUT2D eigenvalue weighted by molar-refractivity contribution is 7.94. The zero-order valence-electron chi connectivity index (χ0n) is 82.3. The lowest BCUT2D eigenvalue weighted by molar-refractivity contribution is 0.241. The molecule has 0 aromatic carbocycles. The van der Waals surface area contributed by atoms with Crippen LogP contribution in [-0.2, 0) is 64.6 Å². The zero-order valence-corrected chi connectivity index (χ0v) is 85.6. The Labute approximate surface area is 848 Å². The van der Waals surface area contributed by atoms with E-state index in [0.717, 1.165) is 133 Å². The fraction of sp³-hybridized carbons (Fsp3) is 0.321. The zero-order chi connectivity index (χ0) is 102. The van der Waals surface area contributed by atoms with Crippen molar-refractivity contribution in [2.75, 3.05) is 138 Å². The molecule has 20 heterocycles. The van der Waals surface area contributed by atoms with Gasteiger partial charge in [0.25, 0.3) is 0 Å². The summed E-state index contributed by atoms with van der Waals surface area (Å²) < 4.78 is 101. The van der Waals surface area contributed by atoms with Crippen molar-refractivity contribution in [2.24, 2.45) is 23.4 Å². The Kier molecular flexibility index (Phi) is 30.6. The summed E-state index contributed by atoms with van der Waals surface area (Å²) in [6.07, 6.45) is 33.3. The van der Waals surface area contributed by atoms with Gasteiger partial charge in [-0.2, -0.15) is 58.9 Å². The topological polar surface area (TPSA) is 435 Å². The van der Waals surface area contributed by atoms with Gasteiger partial charge in [0.15, 0.2) is 0 Å². The van der Waals surface area contributed by atoms with E-state index in [9.17, 15) is 37.9 Å². The minimum absolute atomic E-state index is 0.00451. The summed E-state index contributed by atoms with van der Waals surface area (Å²) in [5.41, 5.74) is 18.3. The fourth-order valence-electron chi connectivity index (χ4n) is 17.4. The van der Waals surface area contributed by atoms with Crippen molar-refractivity contribution in [3.05, 3.63) is 266 Å². The Hall–Kier alpha value is -15.9. The molecule has 1 aliphatic carbocycles. The van der Waals surface area contributed by atoms with E-state index in [1.807, 2.05) is 154 Å². The van der Waals surface area contributed by atoms with Crippen LogP contribution in [-0.4, -0.2) is 220 Å². The molecular weight excluding hydrogens is 1920 g/mol. The van der Waals surface area contributed by atoms with E-state index in [1.54, 1.807) is 112 Å². The monoisotopic (exact) mass is 2030 g/mol. The summed E-state index contributed by atoms with van der Waals surface area (Å²) in [7, 11) is -7.73. The van der Waals surface area contributed by atoms with Crippen LogP contribution in [0.2, 0.25) is 0 Å². The quantitative estimate of drug-likeness (QED) is 0.0542.